The van der Waals surface area contributed by atoms with Crippen LogP contribution in [0, 0.1) is 6.57 Å². The van der Waals surface area contributed by atoms with E-state index in [-0.39, 0.29) is 5.78 Å². The number of hydrogen-bond donors (Lipinski definition) is 0. The first kappa shape index (κ1) is 6.24. The van der Waals surface area contributed by atoms with Crippen LogP contribution in [0.4, 0.5) is 0 Å². The Morgan fingerprint density at radius 3 is 3.00 bits per heavy atom. The van der Waals surface area contributed by atoms with E-state index in [2.05, 4.69) is 4.85 Å². The van der Waals surface area contributed by atoms with Gasteiger partial charge in [-0.05, 0) is 0 Å². The van der Waals surface area contributed by atoms with Crippen molar-refractivity contribution in [2.24, 2.45) is 0 Å². The summed E-state index contributed by atoms with van der Waals surface area (Å²) in [5, 5.41) is 0. The average Bonchev–Trinajstić information content (AvgIpc) is 1.89. The summed E-state index contributed by atoms with van der Waals surface area (Å²) in [5.74, 6) is 0.0243. The summed E-state index contributed by atoms with van der Waals surface area (Å²) in [6.07, 6.45) is 0.410. The van der Waals surface area contributed by atoms with E-state index < -0.39 is 6.04 Å². The number of Topliss-reactive ketones (excluding diaryl/α,β-unsaturated/α-hetero) is 1. The molecule has 1 rings (SSSR count). The fourth-order valence-electron chi connectivity index (χ4n) is 0.737. The summed E-state index contributed by atoms with van der Waals surface area (Å²) in [4.78, 5) is 13.8. The van der Waals surface area contributed by atoms with Crippen LogP contribution in [-0.2, 0) is 9.53 Å². The van der Waals surface area contributed by atoms with Gasteiger partial charge in [0.2, 0.25) is 5.78 Å². The van der Waals surface area contributed by atoms with E-state index in [0.29, 0.717) is 19.6 Å². The number of carbonyl (C=O) groups excluding carboxylic acids is 1. The van der Waals surface area contributed by atoms with Crippen molar-refractivity contribution < 1.29 is 9.53 Å². The lowest BCUT2D eigenvalue weighted by Gasteiger charge is -2.10. The molecule has 1 atom stereocenters. The second kappa shape index (κ2) is 2.60. The Morgan fingerprint density at radius 2 is 2.56 bits per heavy atom. The standard InChI is InChI=1S/C6H7NO2/c1-7-5-4-9-3-2-6(5)8/h5H,2-4H2. The highest BCUT2D eigenvalue weighted by Crippen LogP contribution is 2.04. The monoisotopic (exact) mass is 125 g/mol. The predicted molar refractivity (Wildman–Crippen MR) is 30.8 cm³/mol. The van der Waals surface area contributed by atoms with Crippen LogP contribution in [0.5, 0.6) is 0 Å². The third kappa shape index (κ3) is 1.27. The lowest BCUT2D eigenvalue weighted by molar-refractivity contribution is -0.124. The number of carbonyl (C=O) groups is 1. The molecule has 3 heteroatoms. The summed E-state index contributed by atoms with van der Waals surface area (Å²) in [7, 11) is 0. The molecule has 1 aliphatic rings. The van der Waals surface area contributed by atoms with Crippen molar-refractivity contribution in [3.8, 4) is 0 Å². The van der Waals surface area contributed by atoms with Gasteiger partial charge in [0.15, 0.2) is 0 Å². The van der Waals surface area contributed by atoms with Gasteiger partial charge in [-0.3, -0.25) is 4.79 Å². The van der Waals surface area contributed by atoms with Crippen LogP contribution in [0.25, 0.3) is 4.85 Å². The second-order valence-electron chi connectivity index (χ2n) is 1.94. The largest absolute Gasteiger partial charge is 0.372 e. The van der Waals surface area contributed by atoms with E-state index >= 15 is 0 Å². The van der Waals surface area contributed by atoms with Crippen molar-refractivity contribution in [2.75, 3.05) is 13.2 Å². The number of ketones is 1. The van der Waals surface area contributed by atoms with E-state index in [4.69, 9.17) is 11.3 Å². The van der Waals surface area contributed by atoms with E-state index in [1.807, 2.05) is 0 Å². The van der Waals surface area contributed by atoms with E-state index in [0.717, 1.165) is 0 Å². The molecule has 0 saturated carbocycles. The fraction of sp³-hybridized carbons (Fsp3) is 0.667. The number of rotatable bonds is 0. The molecule has 1 heterocycles. The molecule has 1 unspecified atom stereocenters. The Bertz CT molecular complexity index is 159. The molecule has 0 radical (unpaired) electrons. The minimum absolute atomic E-state index is 0.0243. The van der Waals surface area contributed by atoms with Crippen LogP contribution in [0.2, 0.25) is 0 Å². The van der Waals surface area contributed by atoms with E-state index in [1.54, 1.807) is 0 Å². The van der Waals surface area contributed by atoms with Crippen molar-refractivity contribution >= 4 is 5.78 Å². The third-order valence-corrected chi connectivity index (χ3v) is 1.30. The molecule has 0 bridgehead atoms. The molecule has 1 aliphatic heterocycles. The van der Waals surface area contributed by atoms with Crippen molar-refractivity contribution in [2.45, 2.75) is 12.5 Å². The van der Waals surface area contributed by atoms with Crippen LogP contribution in [-0.4, -0.2) is 25.0 Å². The molecule has 0 aromatic carbocycles. The van der Waals surface area contributed by atoms with E-state index in [1.165, 1.54) is 0 Å². The Morgan fingerprint density at radius 1 is 1.78 bits per heavy atom. The number of hydrogen-bond acceptors (Lipinski definition) is 2. The van der Waals surface area contributed by atoms with Crippen LogP contribution < -0.4 is 0 Å². The first-order valence-corrected chi connectivity index (χ1v) is 2.81. The van der Waals surface area contributed by atoms with Gasteiger partial charge < -0.3 is 9.58 Å². The summed E-state index contributed by atoms with van der Waals surface area (Å²) in [5.41, 5.74) is 0. The normalized spacial score (nSPS) is 27.4. The first-order valence-electron chi connectivity index (χ1n) is 2.81. The zero-order chi connectivity index (χ0) is 6.69. The summed E-state index contributed by atoms with van der Waals surface area (Å²) in [6, 6.07) is -0.515. The van der Waals surface area contributed by atoms with Gasteiger partial charge in [0.05, 0.1) is 6.61 Å². The molecule has 48 valence electrons. The summed E-state index contributed by atoms with van der Waals surface area (Å²) >= 11 is 0. The van der Waals surface area contributed by atoms with Crippen molar-refractivity contribution in [1.82, 2.24) is 0 Å². The third-order valence-electron chi connectivity index (χ3n) is 1.30. The maximum absolute atomic E-state index is 10.7. The minimum atomic E-state index is -0.515. The zero-order valence-electron chi connectivity index (χ0n) is 4.96. The van der Waals surface area contributed by atoms with E-state index in [9.17, 15) is 4.79 Å². The van der Waals surface area contributed by atoms with Crippen LogP contribution in [0.15, 0.2) is 0 Å². The highest BCUT2D eigenvalue weighted by molar-refractivity contribution is 5.86. The van der Waals surface area contributed by atoms with Gasteiger partial charge in [-0.2, -0.15) is 0 Å². The topological polar surface area (TPSA) is 30.7 Å². The first-order chi connectivity index (χ1) is 4.34. The summed E-state index contributed by atoms with van der Waals surface area (Å²) in [6.45, 7) is 7.34. The van der Waals surface area contributed by atoms with Crippen molar-refractivity contribution in [1.29, 1.82) is 0 Å². The number of nitrogens with zero attached hydrogens (tertiary/aromatic N) is 1. The van der Waals surface area contributed by atoms with Crippen LogP contribution >= 0.6 is 0 Å². The van der Waals surface area contributed by atoms with Crippen LogP contribution in [0.3, 0.4) is 0 Å². The molecule has 0 aromatic heterocycles. The van der Waals surface area contributed by atoms with Gasteiger partial charge in [-0.25, -0.2) is 6.57 Å². The molecule has 1 saturated heterocycles. The average molecular weight is 125 g/mol. The molecule has 0 aliphatic carbocycles. The Labute approximate surface area is 53.4 Å². The maximum atomic E-state index is 10.7. The maximum Gasteiger partial charge on any atom is 0.303 e. The Balaban J connectivity index is 2.51. The molecule has 3 nitrogen and oxygen atoms in total. The lowest BCUT2D eigenvalue weighted by Crippen LogP contribution is -2.29. The Kier molecular flexibility index (Phi) is 1.81. The van der Waals surface area contributed by atoms with Gasteiger partial charge >= 0.3 is 6.04 Å². The molecular weight excluding hydrogens is 118 g/mol. The molecular formula is C6H7NO2. The predicted octanol–water partition coefficient (Wildman–Crippen LogP) is 0.264. The van der Waals surface area contributed by atoms with Gasteiger partial charge in [-0.15, -0.1) is 0 Å². The smallest absolute Gasteiger partial charge is 0.303 e. The molecule has 0 spiro atoms. The lowest BCUT2D eigenvalue weighted by atomic mass is 10.1. The Hall–Kier alpha value is -0.880. The van der Waals surface area contributed by atoms with Crippen molar-refractivity contribution in [3.63, 3.8) is 0 Å². The SMILES string of the molecule is [C-]#[N+]C1COCCC1=O. The van der Waals surface area contributed by atoms with Crippen LogP contribution in [0.1, 0.15) is 6.42 Å². The zero-order valence-corrected chi connectivity index (χ0v) is 4.96. The minimum Gasteiger partial charge on any atom is -0.372 e. The van der Waals surface area contributed by atoms with Gasteiger partial charge in [-0.1, -0.05) is 0 Å². The quantitative estimate of drug-likeness (QED) is 0.435. The molecule has 1 fully saturated rings. The van der Waals surface area contributed by atoms with Gasteiger partial charge in [0, 0.05) is 6.42 Å². The molecule has 9 heavy (non-hydrogen) atoms. The van der Waals surface area contributed by atoms with Crippen molar-refractivity contribution in [3.05, 3.63) is 11.4 Å². The fourth-order valence-corrected chi connectivity index (χ4v) is 0.737. The highest BCUT2D eigenvalue weighted by atomic mass is 16.5. The van der Waals surface area contributed by atoms with Gasteiger partial charge in [0.25, 0.3) is 0 Å². The summed E-state index contributed by atoms with van der Waals surface area (Å²) < 4.78 is 4.91. The molecule has 0 amide bonds. The van der Waals surface area contributed by atoms with Gasteiger partial charge in [0.1, 0.15) is 6.61 Å². The molecule has 0 N–H and O–H groups in total. The number of ether oxygens (including phenoxy) is 1. The molecule has 0 aromatic rings. The second-order valence-corrected chi connectivity index (χ2v) is 1.94. The highest BCUT2D eigenvalue weighted by Gasteiger charge is 2.26.